The van der Waals surface area contributed by atoms with Crippen molar-refractivity contribution in [2.75, 3.05) is 0 Å². The van der Waals surface area contributed by atoms with E-state index in [1.54, 1.807) is 12.2 Å². The molecule has 1 N–H and O–H groups in total. The summed E-state index contributed by atoms with van der Waals surface area (Å²) < 4.78 is 0. The van der Waals surface area contributed by atoms with Gasteiger partial charge in [-0.3, -0.25) is 14.9 Å². The molecule has 76 valence electrons. The van der Waals surface area contributed by atoms with E-state index in [2.05, 4.69) is 15.9 Å². The highest BCUT2D eigenvalue weighted by atomic mass is 79.9. The Balaban J connectivity index is 2.83. The van der Waals surface area contributed by atoms with E-state index in [9.17, 15) is 20.0 Å². The summed E-state index contributed by atoms with van der Waals surface area (Å²) in [6.07, 6.45) is 6.06. The van der Waals surface area contributed by atoms with Gasteiger partial charge in [-0.15, -0.1) is 0 Å². The predicted octanol–water partition coefficient (Wildman–Crippen LogP) is 0.800. The van der Waals surface area contributed by atoms with E-state index in [1.807, 2.05) is 0 Å². The van der Waals surface area contributed by atoms with Crippen LogP contribution < -0.4 is 0 Å². The summed E-state index contributed by atoms with van der Waals surface area (Å²) in [5.74, 6) is -0.858. The van der Waals surface area contributed by atoms with Crippen LogP contribution in [0.25, 0.3) is 0 Å². The first-order valence-corrected chi connectivity index (χ1v) is 4.77. The number of Topliss-reactive ketones (excluding diaryl/α,β-unsaturated/α-hetero) is 1. The molecule has 1 aliphatic carbocycles. The third kappa shape index (κ3) is 2.08. The number of hydrogen-bond acceptors (Lipinski definition) is 4. The van der Waals surface area contributed by atoms with Gasteiger partial charge in [-0.2, -0.15) is 0 Å². The number of carbonyl (C=O) groups is 1. The van der Waals surface area contributed by atoms with Crippen molar-refractivity contribution in [3.8, 4) is 0 Å². The monoisotopic (exact) mass is 261 g/mol. The molecule has 0 aromatic carbocycles. The molecule has 0 radical (unpaired) electrons. The number of alkyl halides is 1. The summed E-state index contributed by atoms with van der Waals surface area (Å²) in [5, 5.41) is 20.0. The maximum atomic E-state index is 11.4. The number of hydrogen-bond donors (Lipinski definition) is 1. The summed E-state index contributed by atoms with van der Waals surface area (Å²) in [6, 6.07) is 0. The quantitative estimate of drug-likeness (QED) is 0.353. The number of nitrogens with zero attached hydrogens (tertiary/aromatic N) is 1. The van der Waals surface area contributed by atoms with Gasteiger partial charge >= 0.3 is 4.95 Å². The van der Waals surface area contributed by atoms with Crippen LogP contribution in [-0.2, 0) is 4.79 Å². The molecule has 0 bridgehead atoms. The molecule has 5 nitrogen and oxygen atoms in total. The standard InChI is InChI=1S/C8H8BrNO4/c9-7(10(13)14)6(11)8(12)4-2-1-3-5-8/h1-4,7,12H,5H2/t7-,8-/m1/s1. The zero-order valence-corrected chi connectivity index (χ0v) is 8.68. The Labute approximate surface area is 88.4 Å². The fourth-order valence-electron chi connectivity index (χ4n) is 1.09. The maximum Gasteiger partial charge on any atom is 0.326 e. The van der Waals surface area contributed by atoms with E-state index in [0.717, 1.165) is 0 Å². The summed E-state index contributed by atoms with van der Waals surface area (Å²) >= 11 is 2.61. The highest BCUT2D eigenvalue weighted by molar-refractivity contribution is 9.09. The lowest BCUT2D eigenvalue weighted by Gasteiger charge is -2.22. The number of aliphatic hydroxyl groups is 1. The van der Waals surface area contributed by atoms with Gasteiger partial charge < -0.3 is 5.11 Å². The van der Waals surface area contributed by atoms with Crippen molar-refractivity contribution in [3.05, 3.63) is 34.4 Å². The minimum absolute atomic E-state index is 0.0677. The number of halogens is 1. The second kappa shape index (κ2) is 4.02. The van der Waals surface area contributed by atoms with Gasteiger partial charge in [0.2, 0.25) is 0 Å². The summed E-state index contributed by atoms with van der Waals surface area (Å²) in [6.45, 7) is 0. The Kier molecular flexibility index (Phi) is 3.17. The van der Waals surface area contributed by atoms with Crippen LogP contribution >= 0.6 is 15.9 Å². The summed E-state index contributed by atoms with van der Waals surface area (Å²) in [4.78, 5) is 19.4. The van der Waals surface area contributed by atoms with Crippen LogP contribution in [0.2, 0.25) is 0 Å². The number of nitro groups is 1. The van der Waals surface area contributed by atoms with Gasteiger partial charge in [0, 0.05) is 27.3 Å². The Morgan fingerprint density at radius 3 is 2.71 bits per heavy atom. The molecule has 0 aliphatic heterocycles. The lowest BCUT2D eigenvalue weighted by Crippen LogP contribution is -2.44. The Bertz CT molecular complexity index is 325. The van der Waals surface area contributed by atoms with Crippen molar-refractivity contribution in [2.45, 2.75) is 17.0 Å². The average Bonchev–Trinajstić information content (AvgIpc) is 2.16. The lowest BCUT2D eigenvalue weighted by atomic mass is 9.91. The molecule has 0 aromatic rings. The van der Waals surface area contributed by atoms with Crippen LogP contribution in [0.5, 0.6) is 0 Å². The summed E-state index contributed by atoms with van der Waals surface area (Å²) in [7, 11) is 0. The zero-order chi connectivity index (χ0) is 10.8. The van der Waals surface area contributed by atoms with Gasteiger partial charge in [-0.25, -0.2) is 0 Å². The predicted molar refractivity (Wildman–Crippen MR) is 52.6 cm³/mol. The molecule has 0 saturated heterocycles. The van der Waals surface area contributed by atoms with Gasteiger partial charge in [0.05, 0.1) is 0 Å². The molecular weight excluding hydrogens is 254 g/mol. The topological polar surface area (TPSA) is 80.4 Å². The second-order valence-electron chi connectivity index (χ2n) is 2.90. The van der Waals surface area contributed by atoms with Crippen LogP contribution in [0.1, 0.15) is 6.42 Å². The normalized spacial score (nSPS) is 27.3. The molecule has 14 heavy (non-hydrogen) atoms. The smallest absolute Gasteiger partial charge is 0.326 e. The van der Waals surface area contributed by atoms with Gasteiger partial charge in [0.15, 0.2) is 5.60 Å². The van der Waals surface area contributed by atoms with Gasteiger partial charge in [-0.1, -0.05) is 18.2 Å². The largest absolute Gasteiger partial charge is 0.377 e. The van der Waals surface area contributed by atoms with E-state index < -0.39 is 21.3 Å². The fraction of sp³-hybridized carbons (Fsp3) is 0.375. The molecule has 0 amide bonds. The van der Waals surface area contributed by atoms with Crippen molar-refractivity contribution >= 4 is 21.7 Å². The van der Waals surface area contributed by atoms with Crippen molar-refractivity contribution in [2.24, 2.45) is 0 Å². The molecule has 0 heterocycles. The molecule has 0 unspecified atom stereocenters. The van der Waals surface area contributed by atoms with Crippen molar-refractivity contribution in [3.63, 3.8) is 0 Å². The van der Waals surface area contributed by atoms with E-state index in [4.69, 9.17) is 0 Å². The van der Waals surface area contributed by atoms with Crippen LogP contribution in [0.15, 0.2) is 24.3 Å². The van der Waals surface area contributed by atoms with E-state index in [1.165, 1.54) is 12.2 Å². The molecule has 0 saturated carbocycles. The Morgan fingerprint density at radius 1 is 1.64 bits per heavy atom. The van der Waals surface area contributed by atoms with Gasteiger partial charge in [0.1, 0.15) is 0 Å². The Morgan fingerprint density at radius 2 is 2.29 bits per heavy atom. The van der Waals surface area contributed by atoms with Crippen molar-refractivity contribution in [1.29, 1.82) is 0 Å². The van der Waals surface area contributed by atoms with E-state index >= 15 is 0 Å². The maximum absolute atomic E-state index is 11.4. The van der Waals surface area contributed by atoms with Crippen LogP contribution in [0, 0.1) is 10.1 Å². The third-order valence-corrected chi connectivity index (χ3v) is 2.63. The molecular formula is C8H8BrNO4. The van der Waals surface area contributed by atoms with Gasteiger partial charge in [0.25, 0.3) is 5.78 Å². The first-order chi connectivity index (χ1) is 6.47. The molecule has 1 rings (SSSR count). The average molecular weight is 262 g/mol. The van der Waals surface area contributed by atoms with Crippen molar-refractivity contribution < 1.29 is 14.8 Å². The zero-order valence-electron chi connectivity index (χ0n) is 7.09. The molecule has 0 aromatic heterocycles. The number of carbonyl (C=O) groups excluding carboxylic acids is 1. The Hall–Kier alpha value is -1.01. The molecule has 1 aliphatic rings. The number of rotatable bonds is 3. The highest BCUT2D eigenvalue weighted by Crippen LogP contribution is 2.22. The number of allylic oxidation sites excluding steroid dienone is 2. The SMILES string of the molecule is O=C([C@H](Br)[N+](=O)[O-])[C@@]1(O)C=CC=CC1. The number of ketones is 1. The highest BCUT2D eigenvalue weighted by Gasteiger charge is 2.42. The van der Waals surface area contributed by atoms with Gasteiger partial charge in [-0.05, 0) is 6.08 Å². The second-order valence-corrected chi connectivity index (χ2v) is 3.77. The van der Waals surface area contributed by atoms with Crippen molar-refractivity contribution in [1.82, 2.24) is 0 Å². The minimum Gasteiger partial charge on any atom is -0.377 e. The first kappa shape index (κ1) is 11.1. The fourth-order valence-corrected chi connectivity index (χ4v) is 1.49. The third-order valence-electron chi connectivity index (χ3n) is 1.88. The lowest BCUT2D eigenvalue weighted by molar-refractivity contribution is -0.480. The minimum atomic E-state index is -1.75. The molecule has 0 fully saturated rings. The van der Waals surface area contributed by atoms with Crippen LogP contribution in [0.4, 0.5) is 0 Å². The molecule has 2 atom stereocenters. The van der Waals surface area contributed by atoms with Crippen LogP contribution in [0.3, 0.4) is 0 Å². The van der Waals surface area contributed by atoms with E-state index in [-0.39, 0.29) is 6.42 Å². The van der Waals surface area contributed by atoms with Crippen LogP contribution in [-0.4, -0.2) is 26.4 Å². The molecule has 0 spiro atoms. The summed E-state index contributed by atoms with van der Waals surface area (Å²) in [5.41, 5.74) is -1.75. The molecule has 6 heteroatoms. The first-order valence-electron chi connectivity index (χ1n) is 3.86. The van der Waals surface area contributed by atoms with E-state index in [0.29, 0.717) is 0 Å².